The molecule has 0 bridgehead atoms. The molecule has 4 rings (SSSR count). The number of carbonyl (C=O) groups excluding carboxylic acids is 1. The first kappa shape index (κ1) is 19.5. The lowest BCUT2D eigenvalue weighted by atomic mass is 9.84. The van der Waals surface area contributed by atoms with E-state index in [1.807, 2.05) is 36.4 Å². The van der Waals surface area contributed by atoms with Crippen molar-refractivity contribution in [3.63, 3.8) is 0 Å². The number of likely N-dealkylation sites (tertiary alicyclic amines) is 1. The van der Waals surface area contributed by atoms with Gasteiger partial charge in [-0.3, -0.25) is 9.80 Å². The summed E-state index contributed by atoms with van der Waals surface area (Å²) in [6.07, 6.45) is 0.749. The fraction of sp³-hybridized carbons (Fsp3) is 0.381. The summed E-state index contributed by atoms with van der Waals surface area (Å²) in [6.45, 7) is 2.66. The van der Waals surface area contributed by atoms with Gasteiger partial charge in [0.25, 0.3) is 0 Å². The van der Waals surface area contributed by atoms with E-state index in [1.165, 1.54) is 0 Å². The van der Waals surface area contributed by atoms with Gasteiger partial charge in [0.2, 0.25) is 0 Å². The summed E-state index contributed by atoms with van der Waals surface area (Å²) in [5, 5.41) is 12.3. The molecule has 1 amide bonds. The monoisotopic (exact) mass is 420 g/mol. The van der Waals surface area contributed by atoms with Crippen molar-refractivity contribution in [2.24, 2.45) is 0 Å². The highest BCUT2D eigenvalue weighted by Crippen LogP contribution is 2.34. The molecule has 2 aromatic rings. The first-order chi connectivity index (χ1) is 13.4. The normalized spacial score (nSPS) is 22.3. The Hall–Kier alpha value is -1.79. The quantitative estimate of drug-likeness (QED) is 0.800. The van der Waals surface area contributed by atoms with Gasteiger partial charge in [-0.1, -0.05) is 35.3 Å². The second kappa shape index (κ2) is 7.91. The molecule has 0 aromatic heterocycles. The average Bonchev–Trinajstić information content (AvgIpc) is 3.05. The summed E-state index contributed by atoms with van der Waals surface area (Å²) in [5.41, 5.74) is 0.855. The summed E-state index contributed by atoms with van der Waals surface area (Å²) >= 11 is 11.9. The number of cyclic esters (lactones) is 1. The van der Waals surface area contributed by atoms with Crippen molar-refractivity contribution in [3.8, 4) is 0 Å². The molecule has 2 heterocycles. The molecular formula is C21H22Cl2N2O3. The molecule has 2 aliphatic heterocycles. The molecule has 0 radical (unpaired) electrons. The number of nitrogens with zero attached hydrogens (tertiary/aromatic N) is 2. The number of hydrogen-bond donors (Lipinski definition) is 1. The molecule has 1 unspecified atom stereocenters. The largest absolute Gasteiger partial charge is 0.443 e. The second-order valence-corrected chi connectivity index (χ2v) is 8.30. The Morgan fingerprint density at radius 1 is 1.00 bits per heavy atom. The molecule has 2 aromatic carbocycles. The number of anilines is 1. The van der Waals surface area contributed by atoms with Crippen LogP contribution in [0.2, 0.25) is 10.0 Å². The third kappa shape index (κ3) is 4.13. The minimum absolute atomic E-state index is 0.190. The highest BCUT2D eigenvalue weighted by molar-refractivity contribution is 6.30. The first-order valence-electron chi connectivity index (χ1n) is 9.37. The summed E-state index contributed by atoms with van der Waals surface area (Å²) < 4.78 is 5.55. The van der Waals surface area contributed by atoms with Crippen LogP contribution < -0.4 is 4.90 Å². The van der Waals surface area contributed by atoms with Crippen molar-refractivity contribution < 1.29 is 14.6 Å². The van der Waals surface area contributed by atoms with E-state index in [-0.39, 0.29) is 12.2 Å². The molecular weight excluding hydrogens is 399 g/mol. The third-order valence-electron chi connectivity index (χ3n) is 5.54. The van der Waals surface area contributed by atoms with Crippen molar-refractivity contribution in [1.29, 1.82) is 0 Å². The summed E-state index contributed by atoms with van der Waals surface area (Å²) in [5.74, 6) is 0. The van der Waals surface area contributed by atoms with Gasteiger partial charge in [0.1, 0.15) is 6.10 Å². The van der Waals surface area contributed by atoms with E-state index in [0.29, 0.717) is 36.0 Å². The molecule has 0 saturated carbocycles. The number of piperidine rings is 1. The van der Waals surface area contributed by atoms with Crippen molar-refractivity contribution in [2.45, 2.75) is 24.5 Å². The average molecular weight is 421 g/mol. The summed E-state index contributed by atoms with van der Waals surface area (Å²) in [7, 11) is 0. The zero-order chi connectivity index (χ0) is 19.7. The van der Waals surface area contributed by atoms with Crippen LogP contribution >= 0.6 is 23.2 Å². The van der Waals surface area contributed by atoms with Crippen LogP contribution in [-0.2, 0) is 10.3 Å². The van der Waals surface area contributed by atoms with Gasteiger partial charge < -0.3 is 9.84 Å². The SMILES string of the molecule is O=C1OC(CN2CCC(O)(c3ccc(Cl)cc3)CC2)CN1c1ccc(Cl)cc1. The Bertz CT molecular complexity index is 834. The van der Waals surface area contributed by atoms with Crippen LogP contribution in [0.1, 0.15) is 18.4 Å². The zero-order valence-electron chi connectivity index (χ0n) is 15.4. The van der Waals surface area contributed by atoms with Gasteiger partial charge in [-0.05, 0) is 54.8 Å². The minimum atomic E-state index is -0.831. The first-order valence-corrected chi connectivity index (χ1v) is 10.1. The number of rotatable bonds is 4. The fourth-order valence-corrected chi connectivity index (χ4v) is 4.14. The number of aliphatic hydroxyl groups is 1. The molecule has 5 nitrogen and oxygen atoms in total. The summed E-state index contributed by atoms with van der Waals surface area (Å²) in [4.78, 5) is 16.1. The molecule has 0 aliphatic carbocycles. The maximum atomic E-state index is 12.2. The zero-order valence-corrected chi connectivity index (χ0v) is 16.9. The number of halogens is 2. The lowest BCUT2D eigenvalue weighted by molar-refractivity contribution is -0.0324. The standard InChI is InChI=1S/C21H22Cl2N2O3/c22-16-3-1-15(2-4-16)21(27)9-11-24(12-10-21)13-19-14-25(20(26)28-19)18-7-5-17(23)6-8-18/h1-8,19,27H,9-14H2. The third-order valence-corrected chi connectivity index (χ3v) is 6.04. The van der Waals surface area contributed by atoms with Gasteiger partial charge in [-0.25, -0.2) is 4.79 Å². The lowest BCUT2D eigenvalue weighted by Crippen LogP contribution is -2.45. The van der Waals surface area contributed by atoms with Crippen molar-refractivity contribution in [2.75, 3.05) is 31.1 Å². The van der Waals surface area contributed by atoms with E-state index < -0.39 is 5.60 Å². The maximum Gasteiger partial charge on any atom is 0.414 e. The predicted molar refractivity (Wildman–Crippen MR) is 110 cm³/mol. The van der Waals surface area contributed by atoms with Crippen molar-refractivity contribution >= 4 is 35.0 Å². The molecule has 148 valence electrons. The number of benzene rings is 2. The fourth-order valence-electron chi connectivity index (χ4n) is 3.89. The van der Waals surface area contributed by atoms with Gasteiger partial charge in [-0.2, -0.15) is 0 Å². The van der Waals surface area contributed by atoms with Gasteiger partial charge in [-0.15, -0.1) is 0 Å². The molecule has 1 atom stereocenters. The smallest absolute Gasteiger partial charge is 0.414 e. The van der Waals surface area contributed by atoms with Gasteiger partial charge in [0.05, 0.1) is 12.1 Å². The van der Waals surface area contributed by atoms with Crippen molar-refractivity contribution in [1.82, 2.24) is 4.90 Å². The Balaban J connectivity index is 1.33. The maximum absolute atomic E-state index is 12.2. The molecule has 2 aliphatic rings. The van der Waals surface area contributed by atoms with Gasteiger partial charge in [0, 0.05) is 35.4 Å². The lowest BCUT2D eigenvalue weighted by Gasteiger charge is -2.39. The number of hydrogen-bond acceptors (Lipinski definition) is 4. The van der Waals surface area contributed by atoms with Crippen molar-refractivity contribution in [3.05, 3.63) is 64.1 Å². The predicted octanol–water partition coefficient (Wildman–Crippen LogP) is 4.30. The number of carbonyl (C=O) groups is 1. The Kier molecular flexibility index (Phi) is 5.52. The van der Waals surface area contributed by atoms with Crippen LogP contribution in [0.3, 0.4) is 0 Å². The van der Waals surface area contributed by atoms with E-state index in [9.17, 15) is 9.90 Å². The molecule has 28 heavy (non-hydrogen) atoms. The van der Waals surface area contributed by atoms with Crippen LogP contribution in [-0.4, -0.2) is 48.4 Å². The van der Waals surface area contributed by atoms with Gasteiger partial charge in [0.15, 0.2) is 0 Å². The molecule has 2 fully saturated rings. The van der Waals surface area contributed by atoms with Gasteiger partial charge >= 0.3 is 6.09 Å². The molecule has 0 spiro atoms. The molecule has 2 saturated heterocycles. The Morgan fingerprint density at radius 2 is 1.57 bits per heavy atom. The van der Waals surface area contributed by atoms with Crippen LogP contribution in [0.15, 0.2) is 48.5 Å². The van der Waals surface area contributed by atoms with E-state index in [4.69, 9.17) is 27.9 Å². The highest BCUT2D eigenvalue weighted by Gasteiger charge is 2.37. The number of ether oxygens (including phenoxy) is 1. The Labute approximate surface area is 174 Å². The van der Waals surface area contributed by atoms with E-state index >= 15 is 0 Å². The molecule has 1 N–H and O–H groups in total. The van der Waals surface area contributed by atoms with Crippen LogP contribution in [0.5, 0.6) is 0 Å². The second-order valence-electron chi connectivity index (χ2n) is 7.43. The molecule has 7 heteroatoms. The highest BCUT2D eigenvalue weighted by atomic mass is 35.5. The van der Waals surface area contributed by atoms with E-state index in [0.717, 1.165) is 24.3 Å². The van der Waals surface area contributed by atoms with E-state index in [1.54, 1.807) is 17.0 Å². The van der Waals surface area contributed by atoms with Crippen LogP contribution in [0, 0.1) is 0 Å². The van der Waals surface area contributed by atoms with Crippen LogP contribution in [0.25, 0.3) is 0 Å². The topological polar surface area (TPSA) is 53.0 Å². The van der Waals surface area contributed by atoms with Crippen LogP contribution in [0.4, 0.5) is 10.5 Å². The number of amides is 1. The Morgan fingerprint density at radius 3 is 2.18 bits per heavy atom. The minimum Gasteiger partial charge on any atom is -0.443 e. The van der Waals surface area contributed by atoms with E-state index in [2.05, 4.69) is 4.90 Å². The summed E-state index contributed by atoms with van der Waals surface area (Å²) in [6, 6.07) is 14.6.